The Hall–Kier alpha value is -0.780. The monoisotopic (exact) mass is 267 g/mol. The molecule has 92 valence electrons. The van der Waals surface area contributed by atoms with E-state index in [1.54, 1.807) is 22.7 Å². The van der Waals surface area contributed by atoms with Gasteiger partial charge >= 0.3 is 0 Å². The average molecular weight is 267 g/mol. The molecule has 2 heterocycles. The van der Waals surface area contributed by atoms with Crippen molar-refractivity contribution in [3.05, 3.63) is 32.4 Å². The number of nitrogens with one attached hydrogen (secondary N) is 1. The van der Waals surface area contributed by atoms with Crippen LogP contribution in [0.2, 0.25) is 0 Å². The second-order valence-electron chi connectivity index (χ2n) is 4.37. The Balaban J connectivity index is 1.83. The molecule has 0 bridgehead atoms. The van der Waals surface area contributed by atoms with Crippen molar-refractivity contribution in [2.45, 2.75) is 26.8 Å². The SMILES string of the molecule is CC(C)CNCc1nnc(Cc2cccs2)s1. The fraction of sp³-hybridized carbons (Fsp3) is 0.500. The van der Waals surface area contributed by atoms with E-state index in [2.05, 4.69) is 46.9 Å². The van der Waals surface area contributed by atoms with Crippen LogP contribution < -0.4 is 5.32 Å². The molecule has 2 rings (SSSR count). The molecule has 0 fully saturated rings. The van der Waals surface area contributed by atoms with Crippen molar-refractivity contribution >= 4 is 22.7 Å². The molecule has 0 saturated carbocycles. The van der Waals surface area contributed by atoms with Crippen molar-refractivity contribution in [1.29, 1.82) is 0 Å². The Morgan fingerprint density at radius 3 is 2.82 bits per heavy atom. The zero-order valence-electron chi connectivity index (χ0n) is 10.1. The Kier molecular flexibility index (Phi) is 4.65. The molecule has 0 saturated heterocycles. The van der Waals surface area contributed by atoms with E-state index in [9.17, 15) is 0 Å². The normalized spacial score (nSPS) is 11.2. The zero-order chi connectivity index (χ0) is 12.1. The number of hydrogen-bond acceptors (Lipinski definition) is 5. The maximum Gasteiger partial charge on any atom is 0.131 e. The maximum atomic E-state index is 4.22. The Morgan fingerprint density at radius 1 is 1.29 bits per heavy atom. The Bertz CT molecular complexity index is 434. The average Bonchev–Trinajstić information content (AvgIpc) is 2.90. The number of rotatable bonds is 6. The second-order valence-corrected chi connectivity index (χ2v) is 6.55. The minimum Gasteiger partial charge on any atom is -0.310 e. The summed E-state index contributed by atoms with van der Waals surface area (Å²) in [4.78, 5) is 1.35. The lowest BCUT2D eigenvalue weighted by atomic mass is 10.2. The summed E-state index contributed by atoms with van der Waals surface area (Å²) in [5.41, 5.74) is 0. The highest BCUT2D eigenvalue weighted by molar-refractivity contribution is 7.12. The van der Waals surface area contributed by atoms with Crippen LogP contribution in [0.1, 0.15) is 28.7 Å². The molecule has 0 aliphatic heterocycles. The van der Waals surface area contributed by atoms with Crippen LogP contribution in [0.15, 0.2) is 17.5 Å². The van der Waals surface area contributed by atoms with Gasteiger partial charge in [0.1, 0.15) is 10.0 Å². The van der Waals surface area contributed by atoms with Gasteiger partial charge in [-0.25, -0.2) is 0 Å². The molecule has 3 nitrogen and oxygen atoms in total. The molecule has 0 spiro atoms. The predicted molar refractivity (Wildman–Crippen MR) is 73.6 cm³/mol. The summed E-state index contributed by atoms with van der Waals surface area (Å²) in [5.74, 6) is 0.675. The van der Waals surface area contributed by atoms with Crippen molar-refractivity contribution in [3.8, 4) is 0 Å². The van der Waals surface area contributed by atoms with Crippen LogP contribution in [0.4, 0.5) is 0 Å². The molecule has 0 aromatic carbocycles. The molecule has 17 heavy (non-hydrogen) atoms. The highest BCUT2D eigenvalue weighted by atomic mass is 32.1. The first-order chi connectivity index (χ1) is 8.24. The largest absolute Gasteiger partial charge is 0.310 e. The first-order valence-electron chi connectivity index (χ1n) is 5.78. The van der Waals surface area contributed by atoms with Crippen LogP contribution in [-0.2, 0) is 13.0 Å². The van der Waals surface area contributed by atoms with Gasteiger partial charge in [-0.2, -0.15) is 0 Å². The van der Waals surface area contributed by atoms with Crippen LogP contribution in [0, 0.1) is 5.92 Å². The van der Waals surface area contributed by atoms with E-state index >= 15 is 0 Å². The van der Waals surface area contributed by atoms with Gasteiger partial charge in [-0.1, -0.05) is 31.3 Å². The topological polar surface area (TPSA) is 37.8 Å². The molecule has 2 aromatic rings. The number of hydrogen-bond donors (Lipinski definition) is 1. The van der Waals surface area contributed by atoms with Crippen LogP contribution in [0.5, 0.6) is 0 Å². The summed E-state index contributed by atoms with van der Waals surface area (Å²) in [7, 11) is 0. The lowest BCUT2D eigenvalue weighted by Crippen LogP contribution is -2.18. The highest BCUT2D eigenvalue weighted by Crippen LogP contribution is 2.17. The maximum absolute atomic E-state index is 4.22. The quantitative estimate of drug-likeness (QED) is 0.874. The molecule has 2 aromatic heterocycles. The van der Waals surface area contributed by atoms with E-state index in [0.717, 1.165) is 29.5 Å². The zero-order valence-corrected chi connectivity index (χ0v) is 11.8. The lowest BCUT2D eigenvalue weighted by molar-refractivity contribution is 0.550. The van der Waals surface area contributed by atoms with Gasteiger partial charge in [-0.15, -0.1) is 21.5 Å². The van der Waals surface area contributed by atoms with E-state index in [-0.39, 0.29) is 0 Å². The number of nitrogens with zero attached hydrogens (tertiary/aromatic N) is 2. The molecule has 5 heteroatoms. The predicted octanol–water partition coefficient (Wildman–Crippen LogP) is 2.94. The van der Waals surface area contributed by atoms with Crippen molar-refractivity contribution in [1.82, 2.24) is 15.5 Å². The minimum absolute atomic E-state index is 0.675. The van der Waals surface area contributed by atoms with Gasteiger partial charge in [0.2, 0.25) is 0 Å². The summed E-state index contributed by atoms with van der Waals surface area (Å²) in [6.45, 7) is 6.27. The third-order valence-corrected chi connectivity index (χ3v) is 4.04. The number of aromatic nitrogens is 2. The lowest BCUT2D eigenvalue weighted by Gasteiger charge is -2.03. The summed E-state index contributed by atoms with van der Waals surface area (Å²) < 4.78 is 0. The van der Waals surface area contributed by atoms with Crippen LogP contribution >= 0.6 is 22.7 Å². The standard InChI is InChI=1S/C12H17N3S2/c1-9(2)7-13-8-12-15-14-11(17-12)6-10-4-3-5-16-10/h3-5,9,13H,6-8H2,1-2H3. The van der Waals surface area contributed by atoms with Crippen LogP contribution in [-0.4, -0.2) is 16.7 Å². The summed E-state index contributed by atoms with van der Waals surface area (Å²) >= 11 is 3.48. The first kappa shape index (κ1) is 12.7. The molecule has 1 N–H and O–H groups in total. The fourth-order valence-corrected chi connectivity index (χ4v) is 3.10. The van der Waals surface area contributed by atoms with Gasteiger partial charge in [0.05, 0.1) is 0 Å². The van der Waals surface area contributed by atoms with Crippen molar-refractivity contribution in [2.24, 2.45) is 5.92 Å². The number of thiophene rings is 1. The highest BCUT2D eigenvalue weighted by Gasteiger charge is 2.05. The molecule has 0 aliphatic rings. The van der Waals surface area contributed by atoms with Gasteiger partial charge in [0, 0.05) is 17.8 Å². The Labute approximate surface area is 110 Å². The summed E-state index contributed by atoms with van der Waals surface area (Å²) in [5, 5.41) is 16.1. The van der Waals surface area contributed by atoms with Crippen molar-refractivity contribution in [3.63, 3.8) is 0 Å². The van der Waals surface area contributed by atoms with E-state index < -0.39 is 0 Å². The second kappa shape index (κ2) is 6.23. The molecule has 0 unspecified atom stereocenters. The van der Waals surface area contributed by atoms with Gasteiger partial charge in [0.15, 0.2) is 0 Å². The first-order valence-corrected chi connectivity index (χ1v) is 7.48. The van der Waals surface area contributed by atoms with Gasteiger partial charge in [-0.3, -0.25) is 0 Å². The molecule has 0 aliphatic carbocycles. The third kappa shape index (κ3) is 4.18. The van der Waals surface area contributed by atoms with Crippen molar-refractivity contribution in [2.75, 3.05) is 6.54 Å². The Morgan fingerprint density at radius 2 is 2.12 bits per heavy atom. The van der Waals surface area contributed by atoms with Gasteiger partial charge < -0.3 is 5.32 Å². The van der Waals surface area contributed by atoms with E-state index in [1.165, 1.54) is 4.88 Å². The molecule has 0 radical (unpaired) electrons. The molecule has 0 amide bonds. The van der Waals surface area contributed by atoms with Gasteiger partial charge in [-0.05, 0) is 23.9 Å². The van der Waals surface area contributed by atoms with E-state index in [1.807, 2.05) is 0 Å². The van der Waals surface area contributed by atoms with E-state index in [0.29, 0.717) is 5.92 Å². The third-order valence-electron chi connectivity index (χ3n) is 2.24. The smallest absolute Gasteiger partial charge is 0.131 e. The van der Waals surface area contributed by atoms with E-state index in [4.69, 9.17) is 0 Å². The van der Waals surface area contributed by atoms with Crippen LogP contribution in [0.3, 0.4) is 0 Å². The van der Waals surface area contributed by atoms with Gasteiger partial charge in [0.25, 0.3) is 0 Å². The van der Waals surface area contributed by atoms with Crippen molar-refractivity contribution < 1.29 is 0 Å². The molecule has 0 atom stereocenters. The fourth-order valence-electron chi connectivity index (χ4n) is 1.46. The van der Waals surface area contributed by atoms with Crippen LogP contribution in [0.25, 0.3) is 0 Å². The summed E-state index contributed by atoms with van der Waals surface area (Å²) in [6.07, 6.45) is 0.916. The molecular weight excluding hydrogens is 250 g/mol. The summed E-state index contributed by atoms with van der Waals surface area (Å²) in [6, 6.07) is 4.22. The molecular formula is C12H17N3S2. The minimum atomic E-state index is 0.675.